The van der Waals surface area contributed by atoms with Gasteiger partial charge in [-0.15, -0.1) is 0 Å². The third-order valence-electron chi connectivity index (χ3n) is 1.53. The molecule has 0 fully saturated rings. The van der Waals surface area contributed by atoms with Gasteiger partial charge in [0.1, 0.15) is 11.0 Å². The highest BCUT2D eigenvalue weighted by atomic mass is 35.5. The zero-order valence-electron chi connectivity index (χ0n) is 7.50. The lowest BCUT2D eigenvalue weighted by Gasteiger charge is -2.06. The Morgan fingerprint density at radius 1 is 1.54 bits per heavy atom. The smallest absolute Gasteiger partial charge is 0.147 e. The van der Waals surface area contributed by atoms with Gasteiger partial charge in [-0.2, -0.15) is 0 Å². The van der Waals surface area contributed by atoms with Crippen molar-refractivity contribution in [2.24, 2.45) is 5.73 Å². The van der Waals surface area contributed by atoms with Gasteiger partial charge in [0.2, 0.25) is 0 Å². The first-order chi connectivity index (χ1) is 6.18. The first-order valence-electron chi connectivity index (χ1n) is 4.15. The summed E-state index contributed by atoms with van der Waals surface area (Å²) in [4.78, 5) is 7.91. The van der Waals surface area contributed by atoms with E-state index in [0.717, 1.165) is 18.8 Å². The fraction of sp³-hybridized carbons (Fsp3) is 0.500. The van der Waals surface area contributed by atoms with Gasteiger partial charge in [0.25, 0.3) is 0 Å². The quantitative estimate of drug-likeness (QED) is 0.769. The van der Waals surface area contributed by atoms with E-state index < -0.39 is 0 Å². The van der Waals surface area contributed by atoms with E-state index in [-0.39, 0.29) is 6.04 Å². The number of nitrogens with one attached hydrogen (secondary N) is 1. The molecule has 5 heteroatoms. The van der Waals surface area contributed by atoms with Gasteiger partial charge in [0, 0.05) is 12.6 Å². The molecule has 1 rings (SSSR count). The van der Waals surface area contributed by atoms with Gasteiger partial charge in [0.05, 0.1) is 12.4 Å². The monoisotopic (exact) mass is 200 g/mol. The van der Waals surface area contributed by atoms with Crippen molar-refractivity contribution in [3.63, 3.8) is 0 Å². The Kier molecular flexibility index (Phi) is 3.92. The third-order valence-corrected chi connectivity index (χ3v) is 1.72. The van der Waals surface area contributed by atoms with Crippen molar-refractivity contribution in [2.45, 2.75) is 19.4 Å². The molecule has 0 aliphatic rings. The maximum absolute atomic E-state index is 5.58. The molecule has 72 valence electrons. The van der Waals surface area contributed by atoms with Crippen molar-refractivity contribution < 1.29 is 0 Å². The molecule has 0 saturated heterocycles. The van der Waals surface area contributed by atoms with E-state index in [9.17, 15) is 0 Å². The Hall–Kier alpha value is -0.870. The van der Waals surface area contributed by atoms with E-state index in [4.69, 9.17) is 17.3 Å². The first-order valence-corrected chi connectivity index (χ1v) is 4.53. The van der Waals surface area contributed by atoms with Crippen LogP contribution in [0.2, 0.25) is 5.15 Å². The minimum atomic E-state index is 0.202. The van der Waals surface area contributed by atoms with Crippen LogP contribution in [-0.2, 0) is 0 Å². The number of rotatable bonds is 4. The zero-order valence-corrected chi connectivity index (χ0v) is 8.25. The molecular weight excluding hydrogens is 188 g/mol. The van der Waals surface area contributed by atoms with Crippen molar-refractivity contribution in [1.29, 1.82) is 0 Å². The van der Waals surface area contributed by atoms with Crippen LogP contribution >= 0.6 is 11.6 Å². The molecule has 0 saturated carbocycles. The average Bonchev–Trinajstić information content (AvgIpc) is 2.08. The number of nitrogens with zero attached hydrogens (tertiary/aromatic N) is 2. The van der Waals surface area contributed by atoms with Crippen LogP contribution in [0, 0.1) is 0 Å². The highest BCUT2D eigenvalue weighted by Gasteiger charge is 1.96. The Labute approximate surface area is 82.5 Å². The van der Waals surface area contributed by atoms with Crippen molar-refractivity contribution in [2.75, 3.05) is 11.9 Å². The molecule has 1 heterocycles. The maximum atomic E-state index is 5.58. The molecule has 0 amide bonds. The van der Waals surface area contributed by atoms with Crippen LogP contribution in [0.5, 0.6) is 0 Å². The van der Waals surface area contributed by atoms with Crippen LogP contribution in [0.25, 0.3) is 0 Å². The molecular formula is C8H13ClN4. The van der Waals surface area contributed by atoms with Gasteiger partial charge >= 0.3 is 0 Å². The predicted molar refractivity (Wildman–Crippen MR) is 53.8 cm³/mol. The summed E-state index contributed by atoms with van der Waals surface area (Å²) in [6.07, 6.45) is 4.02. The molecule has 1 aromatic heterocycles. The van der Waals surface area contributed by atoms with Crippen LogP contribution in [0.4, 0.5) is 5.82 Å². The number of hydrogen-bond donors (Lipinski definition) is 2. The Balaban J connectivity index is 2.33. The fourth-order valence-electron chi connectivity index (χ4n) is 0.831. The van der Waals surface area contributed by atoms with Crippen LogP contribution in [0.1, 0.15) is 13.3 Å². The van der Waals surface area contributed by atoms with E-state index in [1.165, 1.54) is 6.20 Å². The second-order valence-corrected chi connectivity index (χ2v) is 3.30. The van der Waals surface area contributed by atoms with E-state index in [0.29, 0.717) is 5.15 Å². The van der Waals surface area contributed by atoms with Crippen molar-refractivity contribution in [3.8, 4) is 0 Å². The molecule has 3 N–H and O–H groups in total. The van der Waals surface area contributed by atoms with Crippen molar-refractivity contribution in [1.82, 2.24) is 9.97 Å². The standard InChI is InChI=1S/C8H13ClN4/c1-6(10)2-3-11-8-5-12-7(9)4-13-8/h4-6H,2-3,10H2,1H3,(H,11,13). The zero-order chi connectivity index (χ0) is 9.68. The molecule has 1 aromatic rings. The lowest BCUT2D eigenvalue weighted by Crippen LogP contribution is -2.19. The van der Waals surface area contributed by atoms with Crippen LogP contribution in [-0.4, -0.2) is 22.6 Å². The molecule has 0 aliphatic carbocycles. The normalized spacial score (nSPS) is 12.5. The molecule has 0 aliphatic heterocycles. The summed E-state index contributed by atoms with van der Waals surface area (Å²) in [5, 5.41) is 3.49. The second-order valence-electron chi connectivity index (χ2n) is 2.92. The number of aromatic nitrogens is 2. The SMILES string of the molecule is CC(N)CCNc1cnc(Cl)cn1. The van der Waals surface area contributed by atoms with Gasteiger partial charge < -0.3 is 11.1 Å². The maximum Gasteiger partial charge on any atom is 0.147 e. The summed E-state index contributed by atoms with van der Waals surface area (Å²) in [7, 11) is 0. The minimum Gasteiger partial charge on any atom is -0.369 e. The summed E-state index contributed by atoms with van der Waals surface area (Å²) >= 11 is 5.57. The molecule has 1 unspecified atom stereocenters. The van der Waals surface area contributed by atoms with Gasteiger partial charge in [-0.25, -0.2) is 9.97 Å². The molecule has 1 atom stereocenters. The summed E-state index contributed by atoms with van der Waals surface area (Å²) in [5.41, 5.74) is 5.58. The highest BCUT2D eigenvalue weighted by molar-refractivity contribution is 6.29. The second kappa shape index (κ2) is 4.99. The van der Waals surface area contributed by atoms with Crippen LogP contribution < -0.4 is 11.1 Å². The Morgan fingerprint density at radius 2 is 2.31 bits per heavy atom. The third kappa shape index (κ3) is 4.05. The van der Waals surface area contributed by atoms with Gasteiger partial charge in [0.15, 0.2) is 0 Å². The van der Waals surface area contributed by atoms with Crippen molar-refractivity contribution in [3.05, 3.63) is 17.5 Å². The average molecular weight is 201 g/mol. The Morgan fingerprint density at radius 3 is 2.85 bits per heavy atom. The summed E-state index contributed by atoms with van der Waals surface area (Å²) in [6, 6.07) is 0.202. The number of anilines is 1. The number of hydrogen-bond acceptors (Lipinski definition) is 4. The predicted octanol–water partition coefficient (Wildman–Crippen LogP) is 1.28. The van der Waals surface area contributed by atoms with Crippen molar-refractivity contribution >= 4 is 17.4 Å². The molecule has 0 bridgehead atoms. The van der Waals surface area contributed by atoms with Crippen LogP contribution in [0.15, 0.2) is 12.4 Å². The van der Waals surface area contributed by atoms with Gasteiger partial charge in [-0.1, -0.05) is 11.6 Å². The molecule has 0 aromatic carbocycles. The molecule has 4 nitrogen and oxygen atoms in total. The minimum absolute atomic E-state index is 0.202. The number of halogens is 1. The summed E-state index contributed by atoms with van der Waals surface area (Å²) in [6.45, 7) is 2.77. The molecule has 0 spiro atoms. The van der Waals surface area contributed by atoms with E-state index >= 15 is 0 Å². The first kappa shape index (κ1) is 10.2. The number of nitrogens with two attached hydrogens (primary N) is 1. The van der Waals surface area contributed by atoms with E-state index in [2.05, 4.69) is 15.3 Å². The van der Waals surface area contributed by atoms with E-state index in [1.54, 1.807) is 6.20 Å². The lowest BCUT2D eigenvalue weighted by atomic mass is 10.2. The molecule has 13 heavy (non-hydrogen) atoms. The molecule has 0 radical (unpaired) electrons. The lowest BCUT2D eigenvalue weighted by molar-refractivity contribution is 0.689. The Bertz CT molecular complexity index is 247. The highest BCUT2D eigenvalue weighted by Crippen LogP contribution is 2.04. The summed E-state index contributed by atoms with van der Waals surface area (Å²) < 4.78 is 0. The van der Waals surface area contributed by atoms with Gasteiger partial charge in [-0.3, -0.25) is 0 Å². The topological polar surface area (TPSA) is 63.8 Å². The van der Waals surface area contributed by atoms with Gasteiger partial charge in [-0.05, 0) is 13.3 Å². The summed E-state index contributed by atoms with van der Waals surface area (Å²) in [5.74, 6) is 0.727. The largest absolute Gasteiger partial charge is 0.369 e. The van der Waals surface area contributed by atoms with E-state index in [1.807, 2.05) is 6.92 Å². The van der Waals surface area contributed by atoms with Crippen LogP contribution in [0.3, 0.4) is 0 Å². The fourth-order valence-corrected chi connectivity index (χ4v) is 0.929.